The second-order valence-corrected chi connectivity index (χ2v) is 7.38. The van der Waals surface area contributed by atoms with Crippen molar-refractivity contribution >= 4 is 17.7 Å². The predicted molar refractivity (Wildman–Crippen MR) is 98.6 cm³/mol. The first kappa shape index (κ1) is 18.0. The number of nitriles is 1. The Bertz CT molecular complexity index is 955. The fourth-order valence-corrected chi connectivity index (χ4v) is 3.30. The molecule has 0 radical (unpaired) electrons. The Kier molecular flexibility index (Phi) is 4.26. The molecule has 1 aliphatic carbocycles. The molecule has 1 saturated heterocycles. The van der Waals surface area contributed by atoms with Crippen molar-refractivity contribution in [1.29, 1.82) is 5.26 Å². The molecule has 2 aliphatic rings. The number of ether oxygens (including phenoxy) is 1. The third kappa shape index (κ3) is 3.17. The summed E-state index contributed by atoms with van der Waals surface area (Å²) >= 11 is 0. The number of hydrogen-bond donors (Lipinski definition) is 0. The minimum absolute atomic E-state index is 0.234. The average Bonchev–Trinajstić information content (AvgIpc) is 3.22. The van der Waals surface area contributed by atoms with E-state index in [9.17, 15) is 14.9 Å². The number of rotatable bonds is 5. The first-order valence-electron chi connectivity index (χ1n) is 9.03. The van der Waals surface area contributed by atoms with E-state index >= 15 is 0 Å². The molecule has 28 heavy (non-hydrogen) atoms. The molecule has 9 nitrogen and oxygen atoms in total. The normalized spacial score (nSPS) is 19.8. The standard InChI is InChI=1S/C19H20N6O3/c1-23(2)17(26)16-11-24(22-21-16)9-15-10-25(18(27)28-15)14-5-3-13(4-6-14)19(12-20)7-8-19/h3-6,11,15H,7-10H2,1-2H3. The van der Waals surface area contributed by atoms with Crippen molar-refractivity contribution in [2.45, 2.75) is 30.9 Å². The first-order valence-corrected chi connectivity index (χ1v) is 9.03. The molecule has 2 aromatic rings. The second-order valence-electron chi connectivity index (χ2n) is 7.38. The summed E-state index contributed by atoms with van der Waals surface area (Å²) in [4.78, 5) is 27.2. The molecule has 0 bridgehead atoms. The van der Waals surface area contributed by atoms with Gasteiger partial charge >= 0.3 is 6.09 Å². The summed E-state index contributed by atoms with van der Waals surface area (Å²) in [6.45, 7) is 0.684. The van der Waals surface area contributed by atoms with Crippen LogP contribution in [0.4, 0.5) is 10.5 Å². The lowest BCUT2D eigenvalue weighted by Gasteiger charge is -2.14. The smallest absolute Gasteiger partial charge is 0.414 e. The highest BCUT2D eigenvalue weighted by molar-refractivity contribution is 5.91. The Morgan fingerprint density at radius 2 is 2.07 bits per heavy atom. The Hall–Kier alpha value is -3.41. The fraction of sp³-hybridized carbons (Fsp3) is 0.421. The van der Waals surface area contributed by atoms with E-state index in [1.165, 1.54) is 9.58 Å². The van der Waals surface area contributed by atoms with E-state index in [1.807, 2.05) is 24.3 Å². The van der Waals surface area contributed by atoms with Gasteiger partial charge in [0, 0.05) is 19.8 Å². The van der Waals surface area contributed by atoms with Gasteiger partial charge in [-0.2, -0.15) is 5.26 Å². The lowest BCUT2D eigenvalue weighted by Crippen LogP contribution is -2.26. The van der Waals surface area contributed by atoms with Crippen molar-refractivity contribution in [3.8, 4) is 6.07 Å². The SMILES string of the molecule is CN(C)C(=O)c1cn(CC2CN(c3ccc(C4(C#N)CC4)cc3)C(=O)O2)nn1. The largest absolute Gasteiger partial charge is 0.442 e. The molecule has 4 rings (SSSR count). The minimum Gasteiger partial charge on any atom is -0.442 e. The molecule has 1 aromatic heterocycles. The maximum atomic E-state index is 12.3. The molecule has 144 valence electrons. The molecule has 1 atom stereocenters. The van der Waals surface area contributed by atoms with E-state index in [-0.39, 0.29) is 17.0 Å². The molecule has 0 spiro atoms. The topological polar surface area (TPSA) is 104 Å². The number of aromatic nitrogens is 3. The van der Waals surface area contributed by atoms with Crippen LogP contribution in [0.5, 0.6) is 0 Å². The Morgan fingerprint density at radius 3 is 2.68 bits per heavy atom. The minimum atomic E-state index is -0.427. The van der Waals surface area contributed by atoms with Crippen LogP contribution >= 0.6 is 0 Å². The molecular weight excluding hydrogens is 360 g/mol. The zero-order chi connectivity index (χ0) is 19.9. The van der Waals surface area contributed by atoms with Crippen molar-refractivity contribution in [3.05, 3.63) is 41.7 Å². The molecule has 1 aromatic carbocycles. The van der Waals surface area contributed by atoms with Gasteiger partial charge in [0.25, 0.3) is 5.91 Å². The molecule has 9 heteroatoms. The highest BCUT2D eigenvalue weighted by atomic mass is 16.6. The quantitative estimate of drug-likeness (QED) is 0.780. The van der Waals surface area contributed by atoms with Crippen LogP contribution in [0.2, 0.25) is 0 Å². The number of cyclic esters (lactones) is 1. The molecule has 2 heterocycles. The van der Waals surface area contributed by atoms with Crippen LogP contribution in [0.25, 0.3) is 0 Å². The van der Waals surface area contributed by atoms with E-state index in [0.29, 0.717) is 13.1 Å². The van der Waals surface area contributed by atoms with Gasteiger partial charge in [0.15, 0.2) is 5.69 Å². The molecule has 0 N–H and O–H groups in total. The predicted octanol–water partition coefficient (Wildman–Crippen LogP) is 1.56. The third-order valence-corrected chi connectivity index (χ3v) is 5.12. The highest BCUT2D eigenvalue weighted by Crippen LogP contribution is 2.47. The summed E-state index contributed by atoms with van der Waals surface area (Å²) in [6.07, 6.45) is 2.48. The number of benzene rings is 1. The zero-order valence-electron chi connectivity index (χ0n) is 15.7. The van der Waals surface area contributed by atoms with Crippen LogP contribution in [0.1, 0.15) is 28.9 Å². The lowest BCUT2D eigenvalue weighted by atomic mass is 9.97. The number of amides is 2. The van der Waals surface area contributed by atoms with Crippen molar-refractivity contribution in [2.75, 3.05) is 25.5 Å². The monoisotopic (exact) mass is 380 g/mol. The van der Waals surface area contributed by atoms with Crippen molar-refractivity contribution in [2.24, 2.45) is 0 Å². The second kappa shape index (κ2) is 6.64. The molecule has 1 saturated carbocycles. The maximum Gasteiger partial charge on any atom is 0.414 e. The van der Waals surface area contributed by atoms with Gasteiger partial charge in [0.2, 0.25) is 0 Å². The number of hydrogen-bond acceptors (Lipinski definition) is 6. The summed E-state index contributed by atoms with van der Waals surface area (Å²) in [5, 5.41) is 17.1. The van der Waals surface area contributed by atoms with E-state index in [1.54, 1.807) is 25.2 Å². The Balaban J connectivity index is 1.42. The number of nitrogens with zero attached hydrogens (tertiary/aromatic N) is 6. The van der Waals surface area contributed by atoms with Gasteiger partial charge in [0.05, 0.1) is 30.8 Å². The summed E-state index contributed by atoms with van der Waals surface area (Å²) in [5.41, 5.74) is 1.62. The third-order valence-electron chi connectivity index (χ3n) is 5.12. The average molecular weight is 380 g/mol. The van der Waals surface area contributed by atoms with Crippen molar-refractivity contribution in [3.63, 3.8) is 0 Å². The molecule has 2 amide bonds. The van der Waals surface area contributed by atoms with Crippen LogP contribution in [0.15, 0.2) is 30.5 Å². The van der Waals surface area contributed by atoms with Crippen molar-refractivity contribution in [1.82, 2.24) is 19.9 Å². The summed E-state index contributed by atoms with van der Waals surface area (Å²) in [5.74, 6) is -0.234. The van der Waals surface area contributed by atoms with Crippen LogP contribution in [0, 0.1) is 11.3 Å². The summed E-state index contributed by atoms with van der Waals surface area (Å²) in [6, 6.07) is 9.87. The first-order chi connectivity index (χ1) is 13.4. The Labute approximate surface area is 162 Å². The number of carbonyl (C=O) groups is 2. The van der Waals surface area contributed by atoms with Gasteiger partial charge in [-0.05, 0) is 30.5 Å². The number of carbonyl (C=O) groups excluding carboxylic acids is 2. The zero-order valence-corrected chi connectivity index (χ0v) is 15.7. The Morgan fingerprint density at radius 1 is 1.36 bits per heavy atom. The van der Waals surface area contributed by atoms with Crippen LogP contribution in [-0.4, -0.2) is 58.6 Å². The van der Waals surface area contributed by atoms with E-state index in [2.05, 4.69) is 16.4 Å². The van der Waals surface area contributed by atoms with Crippen molar-refractivity contribution < 1.29 is 14.3 Å². The van der Waals surface area contributed by atoms with Crippen LogP contribution < -0.4 is 4.90 Å². The molecule has 1 unspecified atom stereocenters. The van der Waals surface area contributed by atoms with Gasteiger partial charge in [-0.15, -0.1) is 5.10 Å². The van der Waals surface area contributed by atoms with Gasteiger partial charge in [-0.1, -0.05) is 17.3 Å². The molecular formula is C19H20N6O3. The van der Waals surface area contributed by atoms with E-state index in [4.69, 9.17) is 4.74 Å². The van der Waals surface area contributed by atoms with Gasteiger partial charge in [-0.25, -0.2) is 9.48 Å². The van der Waals surface area contributed by atoms with Gasteiger partial charge in [0.1, 0.15) is 6.10 Å². The van der Waals surface area contributed by atoms with Crippen LogP contribution in [-0.2, 0) is 16.7 Å². The fourth-order valence-electron chi connectivity index (χ4n) is 3.30. The van der Waals surface area contributed by atoms with E-state index in [0.717, 1.165) is 24.1 Å². The lowest BCUT2D eigenvalue weighted by molar-refractivity contribution is 0.0821. The summed E-state index contributed by atoms with van der Waals surface area (Å²) in [7, 11) is 3.29. The maximum absolute atomic E-state index is 12.3. The van der Waals surface area contributed by atoms with E-state index < -0.39 is 12.2 Å². The van der Waals surface area contributed by atoms with Gasteiger partial charge < -0.3 is 9.64 Å². The van der Waals surface area contributed by atoms with Crippen LogP contribution in [0.3, 0.4) is 0 Å². The molecule has 2 fully saturated rings. The van der Waals surface area contributed by atoms with Gasteiger partial charge in [-0.3, -0.25) is 9.69 Å². The molecule has 1 aliphatic heterocycles. The summed E-state index contributed by atoms with van der Waals surface area (Å²) < 4.78 is 6.94. The highest BCUT2D eigenvalue weighted by Gasteiger charge is 2.45. The number of anilines is 1.